The number of benzene rings is 3. The molecule has 9 heteroatoms. The van der Waals surface area contributed by atoms with E-state index in [9.17, 15) is 24.3 Å². The van der Waals surface area contributed by atoms with Gasteiger partial charge in [0.25, 0.3) is 0 Å². The van der Waals surface area contributed by atoms with Crippen LogP contribution in [0, 0.1) is 0 Å². The summed E-state index contributed by atoms with van der Waals surface area (Å²) in [4.78, 5) is 48.7. The van der Waals surface area contributed by atoms with E-state index in [1.54, 1.807) is 24.3 Å². The molecule has 0 saturated heterocycles. The number of carboxylic acids is 1. The summed E-state index contributed by atoms with van der Waals surface area (Å²) in [5.41, 5.74) is 1.22. The maximum atomic E-state index is 13.2. The van der Waals surface area contributed by atoms with E-state index in [2.05, 4.69) is 0 Å². The van der Waals surface area contributed by atoms with Crippen molar-refractivity contribution in [2.75, 3.05) is 0 Å². The standard InChI is InChI=1S/C29H24O9/c1-5-16-9-21-25(12-23(16)35-14(3)30)37-26-13-24(36-15(4)31)17(6-2)10-22(26)29(21)20-11-18(27(32)33)7-8-19(20)28(34)38-29/h7-13H,5-6H2,1-4H3,(H,32,33). The van der Waals surface area contributed by atoms with Crippen LogP contribution >= 0.6 is 0 Å². The van der Waals surface area contributed by atoms with Gasteiger partial charge in [-0.05, 0) is 54.3 Å². The second-order valence-corrected chi connectivity index (χ2v) is 9.04. The largest absolute Gasteiger partial charge is 0.478 e. The highest BCUT2D eigenvalue weighted by atomic mass is 16.6. The Kier molecular flexibility index (Phi) is 5.94. The van der Waals surface area contributed by atoms with Crippen molar-refractivity contribution in [3.63, 3.8) is 0 Å². The fourth-order valence-electron chi connectivity index (χ4n) is 5.04. The van der Waals surface area contributed by atoms with Crippen molar-refractivity contribution in [2.24, 2.45) is 0 Å². The summed E-state index contributed by atoms with van der Waals surface area (Å²) in [7, 11) is 0. The minimum absolute atomic E-state index is 0.0180. The number of carbonyl (C=O) groups excluding carboxylic acids is 3. The van der Waals surface area contributed by atoms with Gasteiger partial charge in [0.2, 0.25) is 0 Å². The summed E-state index contributed by atoms with van der Waals surface area (Å²) >= 11 is 0. The Morgan fingerprint density at radius 1 is 0.816 bits per heavy atom. The maximum Gasteiger partial charge on any atom is 0.340 e. The molecule has 0 fully saturated rings. The van der Waals surface area contributed by atoms with Crippen LogP contribution in [-0.2, 0) is 32.8 Å². The molecule has 0 aromatic heterocycles. The van der Waals surface area contributed by atoms with Crippen LogP contribution in [0.5, 0.6) is 23.0 Å². The van der Waals surface area contributed by atoms with Crippen molar-refractivity contribution >= 4 is 23.9 Å². The van der Waals surface area contributed by atoms with E-state index in [1.807, 2.05) is 13.8 Å². The number of hydrogen-bond donors (Lipinski definition) is 1. The van der Waals surface area contributed by atoms with Crippen molar-refractivity contribution < 1.29 is 43.2 Å². The smallest absolute Gasteiger partial charge is 0.340 e. The average molecular weight is 517 g/mol. The molecule has 194 valence electrons. The first-order valence-corrected chi connectivity index (χ1v) is 12.1. The number of aromatic carboxylic acids is 1. The molecule has 0 aliphatic carbocycles. The predicted octanol–water partition coefficient (Wildman–Crippen LogP) is 4.93. The van der Waals surface area contributed by atoms with Gasteiger partial charge in [0, 0.05) is 42.7 Å². The van der Waals surface area contributed by atoms with Crippen molar-refractivity contribution in [1.29, 1.82) is 0 Å². The van der Waals surface area contributed by atoms with Crippen LogP contribution in [-0.4, -0.2) is 29.0 Å². The van der Waals surface area contributed by atoms with Crippen molar-refractivity contribution in [3.05, 3.63) is 81.4 Å². The summed E-state index contributed by atoms with van der Waals surface area (Å²) in [6.45, 7) is 6.35. The number of carbonyl (C=O) groups is 4. The zero-order chi connectivity index (χ0) is 27.4. The van der Waals surface area contributed by atoms with Crippen molar-refractivity contribution in [2.45, 2.75) is 46.1 Å². The van der Waals surface area contributed by atoms with Gasteiger partial charge in [0.1, 0.15) is 23.0 Å². The Hall–Kier alpha value is -4.66. The Balaban J connectivity index is 1.88. The minimum Gasteiger partial charge on any atom is -0.478 e. The number of fused-ring (bicyclic) bond motifs is 6. The molecule has 0 bridgehead atoms. The van der Waals surface area contributed by atoms with Gasteiger partial charge in [-0.2, -0.15) is 0 Å². The highest BCUT2D eigenvalue weighted by Crippen LogP contribution is 2.58. The van der Waals surface area contributed by atoms with Crippen LogP contribution in [0.1, 0.15) is 76.2 Å². The lowest BCUT2D eigenvalue weighted by atomic mass is 9.76. The Morgan fingerprint density at radius 2 is 1.34 bits per heavy atom. The first-order chi connectivity index (χ1) is 18.1. The summed E-state index contributed by atoms with van der Waals surface area (Å²) in [5, 5.41) is 9.72. The quantitative estimate of drug-likeness (QED) is 0.371. The fourth-order valence-corrected chi connectivity index (χ4v) is 5.04. The van der Waals surface area contributed by atoms with Crippen LogP contribution in [0.2, 0.25) is 0 Å². The third kappa shape index (κ3) is 3.78. The number of ether oxygens (including phenoxy) is 4. The molecular weight excluding hydrogens is 492 g/mol. The van der Waals surface area contributed by atoms with Gasteiger partial charge in [-0.1, -0.05) is 13.8 Å². The fraction of sp³-hybridized carbons (Fsp3) is 0.241. The molecule has 3 aromatic rings. The zero-order valence-electron chi connectivity index (χ0n) is 21.2. The first kappa shape index (κ1) is 25.0. The second-order valence-electron chi connectivity index (χ2n) is 9.04. The summed E-state index contributed by atoms with van der Waals surface area (Å²) < 4.78 is 23.3. The zero-order valence-corrected chi connectivity index (χ0v) is 21.2. The second kappa shape index (κ2) is 9.02. The topological polar surface area (TPSA) is 125 Å². The van der Waals surface area contributed by atoms with E-state index in [-0.39, 0.29) is 34.1 Å². The molecule has 3 aromatic carbocycles. The maximum absolute atomic E-state index is 13.2. The van der Waals surface area contributed by atoms with E-state index in [1.165, 1.54) is 32.0 Å². The molecule has 0 radical (unpaired) electrons. The first-order valence-electron chi connectivity index (χ1n) is 12.1. The third-order valence-electron chi connectivity index (χ3n) is 6.68. The molecule has 2 heterocycles. The molecule has 38 heavy (non-hydrogen) atoms. The van der Waals surface area contributed by atoms with Gasteiger partial charge in [0.05, 0.1) is 11.1 Å². The van der Waals surface area contributed by atoms with E-state index in [0.29, 0.717) is 40.7 Å². The highest BCUT2D eigenvalue weighted by Gasteiger charge is 2.54. The predicted molar refractivity (Wildman–Crippen MR) is 133 cm³/mol. The lowest BCUT2D eigenvalue weighted by molar-refractivity contribution is -0.132. The number of esters is 3. The van der Waals surface area contributed by atoms with Crippen LogP contribution in [0.3, 0.4) is 0 Å². The lowest BCUT2D eigenvalue weighted by Crippen LogP contribution is -2.33. The molecule has 1 spiro atoms. The van der Waals surface area contributed by atoms with Gasteiger partial charge in [-0.15, -0.1) is 0 Å². The Morgan fingerprint density at radius 3 is 1.79 bits per heavy atom. The summed E-state index contributed by atoms with van der Waals surface area (Å²) in [5.74, 6) is -1.76. The van der Waals surface area contributed by atoms with Crippen molar-refractivity contribution in [1.82, 2.24) is 0 Å². The monoisotopic (exact) mass is 516 g/mol. The normalized spacial score (nSPS) is 14.1. The minimum atomic E-state index is -1.56. The summed E-state index contributed by atoms with van der Waals surface area (Å²) in [6, 6.07) is 10.8. The van der Waals surface area contributed by atoms with Gasteiger partial charge in [-0.25, -0.2) is 9.59 Å². The molecule has 0 amide bonds. The van der Waals surface area contributed by atoms with Gasteiger partial charge in [-0.3, -0.25) is 9.59 Å². The van der Waals surface area contributed by atoms with Crippen LogP contribution in [0.15, 0.2) is 42.5 Å². The number of carboxylic acid groups (broad SMARTS) is 1. The average Bonchev–Trinajstić information content (AvgIpc) is 3.15. The number of hydrogen-bond acceptors (Lipinski definition) is 8. The molecule has 0 atom stereocenters. The van der Waals surface area contributed by atoms with E-state index >= 15 is 0 Å². The molecule has 0 unspecified atom stereocenters. The lowest BCUT2D eigenvalue weighted by Gasteiger charge is -2.37. The molecule has 5 rings (SSSR count). The molecule has 9 nitrogen and oxygen atoms in total. The van der Waals surface area contributed by atoms with Gasteiger partial charge in [0.15, 0.2) is 5.60 Å². The van der Waals surface area contributed by atoms with Gasteiger partial charge < -0.3 is 24.1 Å². The van der Waals surface area contributed by atoms with E-state index in [4.69, 9.17) is 18.9 Å². The highest BCUT2D eigenvalue weighted by molar-refractivity contribution is 5.99. The van der Waals surface area contributed by atoms with Crippen LogP contribution in [0.4, 0.5) is 0 Å². The van der Waals surface area contributed by atoms with E-state index in [0.717, 1.165) is 0 Å². The van der Waals surface area contributed by atoms with Crippen LogP contribution in [0.25, 0.3) is 0 Å². The SMILES string of the molecule is CCc1cc2c(cc1OC(C)=O)Oc1cc(OC(C)=O)c(CC)cc1C21OC(=O)c2ccc(C(=O)O)cc21. The van der Waals surface area contributed by atoms with E-state index < -0.39 is 29.5 Å². The molecule has 1 N–H and O–H groups in total. The van der Waals surface area contributed by atoms with Crippen LogP contribution < -0.4 is 14.2 Å². The molecule has 0 saturated carbocycles. The van der Waals surface area contributed by atoms with Crippen molar-refractivity contribution in [3.8, 4) is 23.0 Å². The molecular formula is C29H24O9. The third-order valence-corrected chi connectivity index (χ3v) is 6.68. The molecule has 2 aliphatic heterocycles. The van der Waals surface area contributed by atoms with Gasteiger partial charge >= 0.3 is 23.9 Å². The Labute approximate surface area is 217 Å². The Bertz CT molecular complexity index is 1480. The molecule has 2 aliphatic rings. The summed E-state index contributed by atoms with van der Waals surface area (Å²) in [6.07, 6.45) is 0.973. The number of rotatable bonds is 5. The number of aryl methyl sites for hydroxylation is 2.